The van der Waals surface area contributed by atoms with Gasteiger partial charge < -0.3 is 10.1 Å². The number of benzene rings is 1. The van der Waals surface area contributed by atoms with E-state index in [1.165, 1.54) is 25.7 Å². The van der Waals surface area contributed by atoms with E-state index < -0.39 is 6.09 Å². The number of anilines is 2. The first kappa shape index (κ1) is 15.7. The Labute approximate surface area is 127 Å². The summed E-state index contributed by atoms with van der Waals surface area (Å²) in [7, 11) is 0. The Morgan fingerprint density at radius 1 is 1.24 bits per heavy atom. The van der Waals surface area contributed by atoms with Gasteiger partial charge in [0.25, 0.3) is 0 Å². The highest BCUT2D eigenvalue weighted by Gasteiger charge is 2.31. The van der Waals surface area contributed by atoms with Crippen LogP contribution in [0.1, 0.15) is 46.5 Å². The molecule has 0 bridgehead atoms. The summed E-state index contributed by atoms with van der Waals surface area (Å²) >= 11 is 0. The van der Waals surface area contributed by atoms with Crippen LogP contribution in [0, 0.1) is 5.41 Å². The van der Waals surface area contributed by atoms with Crippen molar-refractivity contribution >= 4 is 17.5 Å². The molecule has 4 nitrogen and oxygen atoms in total. The number of ether oxygens (including phenoxy) is 1. The molecule has 1 saturated carbocycles. The Balaban J connectivity index is 1.94. The number of nitrogens with one attached hydrogen (secondary N) is 2. The molecule has 0 radical (unpaired) electrons. The summed E-state index contributed by atoms with van der Waals surface area (Å²) in [6.45, 7) is 6.84. The predicted octanol–water partition coefficient (Wildman–Crippen LogP) is 4.64. The van der Waals surface area contributed by atoms with Gasteiger partial charge in [-0.1, -0.05) is 26.7 Å². The molecule has 1 atom stereocenters. The number of carbonyl (C=O) groups excluding carboxylic acids is 1. The van der Waals surface area contributed by atoms with Gasteiger partial charge in [0.2, 0.25) is 0 Å². The minimum Gasteiger partial charge on any atom is -0.450 e. The Kier molecular flexibility index (Phi) is 5.10. The fraction of sp³-hybridized carbons (Fsp3) is 0.588. The highest BCUT2D eigenvalue weighted by molar-refractivity contribution is 5.84. The van der Waals surface area contributed by atoms with Crippen LogP contribution in [0.4, 0.5) is 16.2 Å². The molecular weight excluding hydrogens is 264 g/mol. The van der Waals surface area contributed by atoms with Crippen LogP contribution >= 0.6 is 0 Å². The zero-order chi connectivity index (χ0) is 15.3. The Morgan fingerprint density at radius 3 is 2.52 bits per heavy atom. The average Bonchev–Trinajstić information content (AvgIpc) is 2.43. The predicted molar refractivity (Wildman–Crippen MR) is 86.7 cm³/mol. The van der Waals surface area contributed by atoms with Gasteiger partial charge in [0.05, 0.1) is 6.61 Å². The van der Waals surface area contributed by atoms with Crippen LogP contribution in [-0.2, 0) is 4.74 Å². The van der Waals surface area contributed by atoms with E-state index in [9.17, 15) is 4.79 Å². The second kappa shape index (κ2) is 6.83. The molecule has 1 amide bonds. The van der Waals surface area contributed by atoms with E-state index in [4.69, 9.17) is 4.74 Å². The fourth-order valence-electron chi connectivity index (χ4n) is 2.90. The van der Waals surface area contributed by atoms with Crippen LogP contribution in [0.5, 0.6) is 0 Å². The van der Waals surface area contributed by atoms with Crippen molar-refractivity contribution in [3.05, 3.63) is 24.3 Å². The summed E-state index contributed by atoms with van der Waals surface area (Å²) in [5.41, 5.74) is 2.19. The molecular formula is C17H26N2O2. The van der Waals surface area contributed by atoms with Crippen molar-refractivity contribution in [1.82, 2.24) is 0 Å². The molecule has 4 heteroatoms. The lowest BCUT2D eigenvalue weighted by atomic mass is 9.73. The van der Waals surface area contributed by atoms with Crippen molar-refractivity contribution in [2.24, 2.45) is 5.41 Å². The maximum atomic E-state index is 11.4. The van der Waals surface area contributed by atoms with Gasteiger partial charge in [-0.3, -0.25) is 5.32 Å². The van der Waals surface area contributed by atoms with Gasteiger partial charge in [-0.2, -0.15) is 0 Å². The van der Waals surface area contributed by atoms with Crippen molar-refractivity contribution < 1.29 is 9.53 Å². The van der Waals surface area contributed by atoms with Crippen molar-refractivity contribution in [2.45, 2.75) is 52.5 Å². The van der Waals surface area contributed by atoms with Crippen LogP contribution in [-0.4, -0.2) is 18.7 Å². The molecule has 0 aromatic heterocycles. The maximum Gasteiger partial charge on any atom is 0.411 e. The van der Waals surface area contributed by atoms with E-state index in [0.717, 1.165) is 11.4 Å². The molecule has 0 spiro atoms. The third-order valence-corrected chi connectivity index (χ3v) is 4.25. The molecule has 1 aliphatic carbocycles. The molecule has 21 heavy (non-hydrogen) atoms. The summed E-state index contributed by atoms with van der Waals surface area (Å²) < 4.78 is 4.86. The molecule has 1 aromatic rings. The van der Waals surface area contributed by atoms with Crippen LogP contribution in [0.25, 0.3) is 0 Å². The zero-order valence-electron chi connectivity index (χ0n) is 13.2. The number of amides is 1. The van der Waals surface area contributed by atoms with Gasteiger partial charge in [0, 0.05) is 17.4 Å². The molecule has 0 heterocycles. The van der Waals surface area contributed by atoms with Crippen molar-refractivity contribution in [3.63, 3.8) is 0 Å². The molecule has 1 aromatic carbocycles. The van der Waals surface area contributed by atoms with Crippen LogP contribution < -0.4 is 10.6 Å². The van der Waals surface area contributed by atoms with E-state index >= 15 is 0 Å². The van der Waals surface area contributed by atoms with Crippen molar-refractivity contribution in [1.29, 1.82) is 0 Å². The number of rotatable bonds is 4. The third-order valence-electron chi connectivity index (χ3n) is 4.25. The average molecular weight is 290 g/mol. The van der Waals surface area contributed by atoms with Gasteiger partial charge in [0.1, 0.15) is 0 Å². The van der Waals surface area contributed by atoms with E-state index in [-0.39, 0.29) is 0 Å². The second-order valence-corrected chi connectivity index (χ2v) is 6.35. The Hall–Kier alpha value is -1.71. The first-order valence-corrected chi connectivity index (χ1v) is 7.81. The molecule has 2 rings (SSSR count). The lowest BCUT2D eigenvalue weighted by molar-refractivity contribution is 0.168. The zero-order valence-corrected chi connectivity index (χ0v) is 13.2. The monoisotopic (exact) mass is 290 g/mol. The summed E-state index contributed by atoms with van der Waals surface area (Å²) in [6, 6.07) is 8.32. The van der Waals surface area contributed by atoms with Gasteiger partial charge in [0.15, 0.2) is 0 Å². The van der Waals surface area contributed by atoms with Gasteiger partial charge in [-0.25, -0.2) is 4.79 Å². The van der Waals surface area contributed by atoms with Gasteiger partial charge >= 0.3 is 6.09 Å². The topological polar surface area (TPSA) is 50.4 Å². The largest absolute Gasteiger partial charge is 0.450 e. The minimum atomic E-state index is -0.411. The maximum absolute atomic E-state index is 11.4. The van der Waals surface area contributed by atoms with Crippen LogP contribution in [0.2, 0.25) is 0 Å². The standard InChI is InChI=1S/C17H26N2O2/c1-4-21-16(20)19-14-10-8-13(9-11-14)18-15-7-5-6-12-17(15,2)3/h8-11,15,18H,4-7,12H2,1-3H3,(H,19,20). The SMILES string of the molecule is CCOC(=O)Nc1ccc(NC2CCCCC2(C)C)cc1. The molecule has 1 fully saturated rings. The van der Waals surface area contributed by atoms with Crippen LogP contribution in [0.3, 0.4) is 0 Å². The fourth-order valence-corrected chi connectivity index (χ4v) is 2.90. The summed E-state index contributed by atoms with van der Waals surface area (Å²) in [6.07, 6.45) is 4.70. The second-order valence-electron chi connectivity index (χ2n) is 6.35. The third kappa shape index (κ3) is 4.38. The first-order valence-electron chi connectivity index (χ1n) is 7.81. The number of carbonyl (C=O) groups is 1. The van der Waals surface area contributed by atoms with E-state index in [1.54, 1.807) is 6.92 Å². The van der Waals surface area contributed by atoms with Crippen molar-refractivity contribution in [2.75, 3.05) is 17.2 Å². The minimum absolute atomic E-state index is 0.333. The first-order chi connectivity index (χ1) is 10.0. The molecule has 116 valence electrons. The lowest BCUT2D eigenvalue weighted by Crippen LogP contribution is -2.38. The summed E-state index contributed by atoms with van der Waals surface area (Å²) in [4.78, 5) is 11.4. The number of hydrogen-bond acceptors (Lipinski definition) is 3. The normalized spacial score (nSPS) is 20.6. The highest BCUT2D eigenvalue weighted by Crippen LogP contribution is 2.37. The quantitative estimate of drug-likeness (QED) is 0.849. The number of hydrogen-bond donors (Lipinski definition) is 2. The van der Waals surface area contributed by atoms with Crippen molar-refractivity contribution in [3.8, 4) is 0 Å². The van der Waals surface area contributed by atoms with Gasteiger partial charge in [-0.15, -0.1) is 0 Å². The lowest BCUT2D eigenvalue weighted by Gasteiger charge is -2.39. The highest BCUT2D eigenvalue weighted by atomic mass is 16.5. The van der Waals surface area contributed by atoms with E-state index in [1.807, 2.05) is 24.3 Å². The summed E-state index contributed by atoms with van der Waals surface area (Å²) in [5.74, 6) is 0. The smallest absolute Gasteiger partial charge is 0.411 e. The molecule has 0 saturated heterocycles. The molecule has 1 aliphatic rings. The molecule has 1 unspecified atom stereocenters. The van der Waals surface area contributed by atoms with Crippen LogP contribution in [0.15, 0.2) is 24.3 Å². The molecule has 0 aliphatic heterocycles. The van der Waals surface area contributed by atoms with E-state index in [2.05, 4.69) is 24.5 Å². The Bertz CT molecular complexity index is 468. The Morgan fingerprint density at radius 2 is 1.90 bits per heavy atom. The summed E-state index contributed by atoms with van der Waals surface area (Å²) in [5, 5.41) is 6.33. The molecule has 2 N–H and O–H groups in total. The van der Waals surface area contributed by atoms with E-state index in [0.29, 0.717) is 18.1 Å². The van der Waals surface area contributed by atoms with Gasteiger partial charge in [-0.05, 0) is 49.4 Å².